The number of alkyl carbamates (subject to hydrolysis) is 1. The first-order valence-corrected chi connectivity index (χ1v) is 24.7. The number of fused-ring (bicyclic) bond motifs is 1. The molecule has 19 heteroatoms. The summed E-state index contributed by atoms with van der Waals surface area (Å²) >= 11 is 0. The largest absolute Gasteiger partial charge is 0.506 e. The minimum absolute atomic E-state index is 0.0521. The highest BCUT2D eigenvalue weighted by molar-refractivity contribution is 6.00. The average Bonchev–Trinajstić information content (AvgIpc) is 3.64. The number of hydrogen-bond acceptors (Lipinski definition) is 16. The highest BCUT2D eigenvalue weighted by Gasteiger charge is 2.36. The molecule has 4 aromatic rings. The van der Waals surface area contributed by atoms with Crippen molar-refractivity contribution in [3.8, 4) is 11.4 Å². The van der Waals surface area contributed by atoms with Crippen LogP contribution >= 0.6 is 0 Å². The van der Waals surface area contributed by atoms with Crippen molar-refractivity contribution in [2.45, 2.75) is 105 Å². The number of nitrogens with two attached hydrogens (primary N) is 2. The van der Waals surface area contributed by atoms with E-state index in [2.05, 4.69) is 41.6 Å². The van der Waals surface area contributed by atoms with Crippen molar-refractivity contribution in [1.82, 2.24) is 15.1 Å². The first-order chi connectivity index (χ1) is 34.3. The van der Waals surface area contributed by atoms with Crippen LogP contribution in [0.3, 0.4) is 0 Å². The Kier molecular flexibility index (Phi) is 21.7. The van der Waals surface area contributed by atoms with Crippen molar-refractivity contribution in [1.29, 1.82) is 0 Å². The summed E-state index contributed by atoms with van der Waals surface area (Å²) in [6.07, 6.45) is 3.42. The maximum Gasteiger partial charge on any atom is 0.407 e. The number of ether oxygens (including phenoxy) is 6. The number of carbonyl (C=O) groups excluding carboxylic acids is 4. The Labute approximate surface area is 422 Å². The summed E-state index contributed by atoms with van der Waals surface area (Å²) in [7, 11) is 0. The second-order valence-electron chi connectivity index (χ2n) is 19.7. The number of primary amides is 1. The standard InChI is InChI=1S/C53H74N8O11/c1-35(9-8-21-56-42-32-40(15-16-41(42)49(55)64)61-44-33-53(6,7)34-46(63)48(44)36(2)60-61)19-23-67-25-27-69-29-30-70-28-26-68-24-20-47(54)71-50(65)38-11-13-39(14-12-38)58-59-43-31-37(10-17-45(43)62)18-22-57-51(66)72-52(3,4)5/h10-17,31-32,35,47,56,62H,8-9,18-30,33-34,54H2,1-7H3,(H2,55,64)(H,57,66)/b59-58-. The van der Waals surface area contributed by atoms with Crippen molar-refractivity contribution < 1.29 is 52.7 Å². The lowest BCUT2D eigenvalue weighted by Gasteiger charge is -2.29. The van der Waals surface area contributed by atoms with Crippen molar-refractivity contribution in [3.63, 3.8) is 0 Å². The lowest BCUT2D eigenvalue weighted by molar-refractivity contribution is -0.00904. The number of phenols is 1. The molecule has 3 aromatic carbocycles. The van der Waals surface area contributed by atoms with Gasteiger partial charge in [0.25, 0.3) is 5.91 Å². The van der Waals surface area contributed by atoms with E-state index in [1.54, 1.807) is 63.2 Å². The van der Waals surface area contributed by atoms with E-state index in [4.69, 9.17) is 45.0 Å². The smallest absolute Gasteiger partial charge is 0.407 e. The number of amides is 2. The van der Waals surface area contributed by atoms with Crippen LogP contribution in [0.4, 0.5) is 21.9 Å². The van der Waals surface area contributed by atoms with Crippen LogP contribution < -0.4 is 22.1 Å². The predicted molar refractivity (Wildman–Crippen MR) is 273 cm³/mol. The number of benzene rings is 3. The fourth-order valence-electron chi connectivity index (χ4n) is 7.91. The minimum atomic E-state index is -0.865. The Morgan fingerprint density at radius 3 is 2.15 bits per heavy atom. The number of aryl methyl sites for hydroxylation is 1. The number of nitrogens with one attached hydrogen (secondary N) is 2. The van der Waals surface area contributed by atoms with Gasteiger partial charge in [-0.1, -0.05) is 26.8 Å². The van der Waals surface area contributed by atoms with Crippen LogP contribution in [0.25, 0.3) is 5.69 Å². The number of aromatic hydroxyl groups is 1. The normalized spacial score (nSPS) is 14.2. The Morgan fingerprint density at radius 2 is 1.50 bits per heavy atom. The molecule has 5 rings (SSSR count). The van der Waals surface area contributed by atoms with Crippen LogP contribution in [0.1, 0.15) is 122 Å². The quantitative estimate of drug-likeness (QED) is 0.0148. The highest BCUT2D eigenvalue weighted by atomic mass is 16.6. The maximum absolute atomic E-state index is 12.9. The van der Waals surface area contributed by atoms with Crippen LogP contribution in [0.2, 0.25) is 0 Å². The number of phenolic OH excluding ortho intramolecular Hbond substituents is 1. The van der Waals surface area contributed by atoms with Crippen molar-refractivity contribution in [3.05, 3.63) is 94.3 Å². The molecule has 72 heavy (non-hydrogen) atoms. The van der Waals surface area contributed by atoms with Gasteiger partial charge in [-0.15, -0.1) is 5.11 Å². The van der Waals surface area contributed by atoms with Gasteiger partial charge in [-0.2, -0.15) is 10.2 Å². The fraction of sp³-hybridized carbons (Fsp3) is 0.528. The predicted octanol–water partition coefficient (Wildman–Crippen LogP) is 8.44. The summed E-state index contributed by atoms with van der Waals surface area (Å²) in [5, 5.41) is 29.4. The molecule has 0 saturated heterocycles. The number of Topliss-reactive ketones (excluding diaryl/α,β-unsaturated/α-hetero) is 1. The van der Waals surface area contributed by atoms with Gasteiger partial charge in [-0.05, 0) is 131 Å². The number of carbonyl (C=O) groups is 4. The Hall–Kier alpha value is -6.25. The molecule has 1 aromatic heterocycles. The van der Waals surface area contributed by atoms with Gasteiger partial charge >= 0.3 is 12.1 Å². The van der Waals surface area contributed by atoms with Crippen molar-refractivity contribution in [2.24, 2.45) is 33.0 Å². The van der Waals surface area contributed by atoms with Crippen LogP contribution in [-0.4, -0.2) is 116 Å². The van der Waals surface area contributed by atoms with E-state index in [9.17, 15) is 24.3 Å². The Balaban J connectivity index is 0.854. The maximum atomic E-state index is 12.9. The summed E-state index contributed by atoms with van der Waals surface area (Å²) in [4.78, 5) is 49.8. The number of esters is 1. The topological polar surface area (TPSA) is 263 Å². The number of aromatic nitrogens is 2. The van der Waals surface area contributed by atoms with Crippen LogP contribution in [-0.2, 0) is 41.3 Å². The molecule has 392 valence electrons. The van der Waals surface area contributed by atoms with Gasteiger partial charge in [0.15, 0.2) is 12.0 Å². The van der Waals surface area contributed by atoms with Gasteiger partial charge in [0.1, 0.15) is 17.0 Å². The molecular weight excluding hydrogens is 925 g/mol. The average molecular weight is 999 g/mol. The minimum Gasteiger partial charge on any atom is -0.506 e. The van der Waals surface area contributed by atoms with E-state index in [1.807, 2.05) is 23.7 Å². The number of ketones is 1. The van der Waals surface area contributed by atoms with Gasteiger partial charge in [-0.3, -0.25) is 15.3 Å². The molecule has 19 nitrogen and oxygen atoms in total. The Morgan fingerprint density at radius 1 is 0.847 bits per heavy atom. The highest BCUT2D eigenvalue weighted by Crippen LogP contribution is 2.37. The second-order valence-corrected chi connectivity index (χ2v) is 19.7. The van der Waals surface area contributed by atoms with Gasteiger partial charge in [0, 0.05) is 38.2 Å². The molecule has 2 unspecified atom stereocenters. The third-order valence-electron chi connectivity index (χ3n) is 11.6. The zero-order valence-corrected chi connectivity index (χ0v) is 42.9. The van der Waals surface area contributed by atoms with E-state index < -0.39 is 29.8 Å². The zero-order valence-electron chi connectivity index (χ0n) is 42.9. The molecule has 0 saturated carbocycles. The molecule has 1 heterocycles. The van der Waals surface area contributed by atoms with Crippen molar-refractivity contribution in [2.75, 3.05) is 71.3 Å². The molecule has 1 aliphatic rings. The molecule has 0 bridgehead atoms. The summed E-state index contributed by atoms with van der Waals surface area (Å²) in [6, 6.07) is 16.6. The molecule has 0 fully saturated rings. The molecule has 0 aliphatic heterocycles. The lowest BCUT2D eigenvalue weighted by atomic mass is 9.75. The third kappa shape index (κ3) is 18.7. The summed E-state index contributed by atoms with van der Waals surface area (Å²) in [5.74, 6) is -0.597. The summed E-state index contributed by atoms with van der Waals surface area (Å²) in [5.41, 5.74) is 17.0. The number of nitrogens with zero attached hydrogens (tertiary/aromatic N) is 4. The monoisotopic (exact) mass is 999 g/mol. The van der Waals surface area contributed by atoms with Gasteiger partial charge in [0.05, 0.1) is 85.7 Å². The molecular formula is C53H74N8O11. The third-order valence-corrected chi connectivity index (χ3v) is 11.6. The molecule has 0 radical (unpaired) electrons. The first kappa shape index (κ1) is 56.7. The molecule has 7 N–H and O–H groups in total. The SMILES string of the molecule is Cc1nn(-c2ccc(C(N)=O)c(NCCCC(C)CCOCCOCCOCCOCCC(N)OC(=O)c3ccc(/N=N\c4cc(CCNC(=O)OC(C)(C)C)ccc4O)cc3)c2)c2c1C(=O)CC(C)(C)C2. The number of azo groups is 1. The van der Waals surface area contributed by atoms with Crippen LogP contribution in [0, 0.1) is 18.3 Å². The van der Waals surface area contributed by atoms with E-state index in [0.29, 0.717) is 113 Å². The fourth-order valence-corrected chi connectivity index (χ4v) is 7.91. The molecule has 2 amide bonds. The van der Waals surface area contributed by atoms with Crippen molar-refractivity contribution >= 4 is 40.8 Å². The van der Waals surface area contributed by atoms with Crippen LogP contribution in [0.5, 0.6) is 5.75 Å². The van der Waals surface area contributed by atoms with E-state index in [-0.39, 0.29) is 34.8 Å². The molecule has 0 spiro atoms. The Bertz CT molecular complexity index is 2450. The lowest BCUT2D eigenvalue weighted by Crippen LogP contribution is -2.33. The summed E-state index contributed by atoms with van der Waals surface area (Å²) < 4.78 is 35.0. The zero-order chi connectivity index (χ0) is 52.3. The van der Waals surface area contributed by atoms with Gasteiger partial charge in [0.2, 0.25) is 0 Å². The first-order valence-electron chi connectivity index (χ1n) is 24.7. The van der Waals surface area contributed by atoms with Crippen LogP contribution in [0.15, 0.2) is 70.9 Å². The number of anilines is 1. The summed E-state index contributed by atoms with van der Waals surface area (Å²) in [6.45, 7) is 18.0. The molecule has 2 atom stereocenters. The number of rotatable bonds is 29. The second kappa shape index (κ2) is 27.5. The van der Waals surface area contributed by atoms with Gasteiger partial charge < -0.3 is 49.9 Å². The molecule has 1 aliphatic carbocycles. The van der Waals surface area contributed by atoms with E-state index >= 15 is 0 Å². The number of hydrogen-bond donors (Lipinski definition) is 5. The van der Waals surface area contributed by atoms with E-state index in [1.165, 1.54) is 6.07 Å². The van der Waals surface area contributed by atoms with E-state index in [0.717, 1.165) is 42.6 Å². The van der Waals surface area contributed by atoms with Gasteiger partial charge in [-0.25, -0.2) is 14.3 Å².